The largest absolute Gasteiger partial charge is 0.0979 e. The standard InChI is InChI=1S/C35H46/c1-3-5-7-9-11-13-31-16-20-33(21-17-31)23-25-35-28-26-34(27-29-35)24-22-32-18-14-30(15-19-32)12-10-8-6-4-2/h14-15,18-19,26-29,31,33H,3-9,11,13,16-17,20-21,23,25H2,1-2H3/t31-,33-. The lowest BCUT2D eigenvalue weighted by Gasteiger charge is -2.28. The number of hydrogen-bond acceptors (Lipinski definition) is 0. The normalized spacial score (nSPS) is 17.2. The second-order valence-corrected chi connectivity index (χ2v) is 10.6. The Bertz CT molecular complexity index is 947. The van der Waals surface area contributed by atoms with E-state index in [9.17, 15) is 0 Å². The number of rotatable bonds is 11. The van der Waals surface area contributed by atoms with E-state index >= 15 is 0 Å². The molecule has 0 saturated heterocycles. The van der Waals surface area contributed by atoms with Gasteiger partial charge in [-0.2, -0.15) is 0 Å². The van der Waals surface area contributed by atoms with Gasteiger partial charge in [-0.05, 0) is 73.1 Å². The van der Waals surface area contributed by atoms with Crippen molar-refractivity contribution in [3.05, 3.63) is 70.8 Å². The Hall–Kier alpha value is -2.44. The van der Waals surface area contributed by atoms with E-state index in [4.69, 9.17) is 0 Å². The van der Waals surface area contributed by atoms with Crippen LogP contribution in [0.3, 0.4) is 0 Å². The lowest BCUT2D eigenvalue weighted by molar-refractivity contribution is 0.248. The van der Waals surface area contributed by atoms with Gasteiger partial charge in [-0.1, -0.05) is 120 Å². The summed E-state index contributed by atoms with van der Waals surface area (Å²) in [5, 5.41) is 0. The van der Waals surface area contributed by atoms with Crippen LogP contribution in [0, 0.1) is 35.5 Å². The van der Waals surface area contributed by atoms with Crippen molar-refractivity contribution >= 4 is 0 Å². The minimum Gasteiger partial charge on any atom is -0.0979 e. The molecule has 0 atom stereocenters. The van der Waals surface area contributed by atoms with E-state index in [0.29, 0.717) is 0 Å². The maximum atomic E-state index is 3.32. The van der Waals surface area contributed by atoms with Crippen molar-refractivity contribution in [3.63, 3.8) is 0 Å². The molecule has 0 aliphatic heterocycles. The van der Waals surface area contributed by atoms with Crippen LogP contribution in [-0.2, 0) is 6.42 Å². The Morgan fingerprint density at radius 2 is 1.09 bits per heavy atom. The van der Waals surface area contributed by atoms with E-state index in [1.165, 1.54) is 95.5 Å². The second-order valence-electron chi connectivity index (χ2n) is 10.6. The molecule has 1 aliphatic rings. The molecule has 0 unspecified atom stereocenters. The lowest BCUT2D eigenvalue weighted by atomic mass is 9.77. The monoisotopic (exact) mass is 466 g/mol. The molecule has 0 aromatic heterocycles. The third kappa shape index (κ3) is 10.8. The van der Waals surface area contributed by atoms with E-state index < -0.39 is 0 Å². The van der Waals surface area contributed by atoms with Gasteiger partial charge in [-0.25, -0.2) is 0 Å². The molecule has 1 aliphatic carbocycles. The molecule has 0 bridgehead atoms. The van der Waals surface area contributed by atoms with Crippen LogP contribution in [-0.4, -0.2) is 0 Å². The molecule has 0 amide bonds. The summed E-state index contributed by atoms with van der Waals surface area (Å²) in [7, 11) is 0. The summed E-state index contributed by atoms with van der Waals surface area (Å²) in [6.45, 7) is 4.50. The second kappa shape index (κ2) is 16.3. The summed E-state index contributed by atoms with van der Waals surface area (Å²) >= 11 is 0. The summed E-state index contributed by atoms with van der Waals surface area (Å²) in [5.74, 6) is 15.1. The van der Waals surface area contributed by atoms with Crippen molar-refractivity contribution in [2.75, 3.05) is 0 Å². The minimum absolute atomic E-state index is 0.935. The molecule has 1 fully saturated rings. The van der Waals surface area contributed by atoms with E-state index in [0.717, 1.165) is 34.9 Å². The van der Waals surface area contributed by atoms with Gasteiger partial charge in [0.15, 0.2) is 0 Å². The van der Waals surface area contributed by atoms with Crippen molar-refractivity contribution in [2.24, 2.45) is 11.8 Å². The predicted octanol–water partition coefficient (Wildman–Crippen LogP) is 9.73. The van der Waals surface area contributed by atoms with Crippen molar-refractivity contribution in [1.82, 2.24) is 0 Å². The molecule has 0 radical (unpaired) electrons. The zero-order chi connectivity index (χ0) is 24.6. The molecule has 2 aromatic carbocycles. The van der Waals surface area contributed by atoms with Crippen molar-refractivity contribution in [2.45, 2.75) is 110 Å². The number of hydrogen-bond donors (Lipinski definition) is 0. The van der Waals surface area contributed by atoms with Crippen LogP contribution in [0.2, 0.25) is 0 Å². The first-order chi connectivity index (χ1) is 17.3. The van der Waals surface area contributed by atoms with Gasteiger partial charge in [0.05, 0.1) is 0 Å². The highest BCUT2D eigenvalue weighted by molar-refractivity contribution is 5.46. The Morgan fingerprint density at radius 3 is 1.69 bits per heavy atom. The van der Waals surface area contributed by atoms with Gasteiger partial charge in [0.2, 0.25) is 0 Å². The van der Waals surface area contributed by atoms with Crippen LogP contribution < -0.4 is 0 Å². The Balaban J connectivity index is 1.36. The van der Waals surface area contributed by atoms with Gasteiger partial charge in [0.1, 0.15) is 0 Å². The van der Waals surface area contributed by atoms with Gasteiger partial charge < -0.3 is 0 Å². The van der Waals surface area contributed by atoms with E-state index in [1.807, 2.05) is 0 Å². The molecular weight excluding hydrogens is 420 g/mol. The maximum absolute atomic E-state index is 3.32. The lowest BCUT2D eigenvalue weighted by Crippen LogP contribution is -2.15. The highest BCUT2D eigenvalue weighted by Crippen LogP contribution is 2.34. The van der Waals surface area contributed by atoms with Gasteiger partial charge in [0, 0.05) is 23.1 Å². The molecule has 2 aromatic rings. The van der Waals surface area contributed by atoms with Crippen LogP contribution in [0.15, 0.2) is 48.5 Å². The zero-order valence-electron chi connectivity index (χ0n) is 22.4. The first-order valence-electron chi connectivity index (χ1n) is 14.5. The summed E-state index contributed by atoms with van der Waals surface area (Å²) < 4.78 is 0. The van der Waals surface area contributed by atoms with Crippen molar-refractivity contribution in [1.29, 1.82) is 0 Å². The van der Waals surface area contributed by atoms with Crippen LogP contribution in [0.4, 0.5) is 0 Å². The Kier molecular flexibility index (Phi) is 12.6. The first-order valence-corrected chi connectivity index (χ1v) is 14.5. The Morgan fingerprint density at radius 1 is 0.571 bits per heavy atom. The average Bonchev–Trinajstić information content (AvgIpc) is 2.90. The fourth-order valence-corrected chi connectivity index (χ4v) is 5.18. The van der Waals surface area contributed by atoms with Gasteiger partial charge in [-0.15, -0.1) is 0 Å². The predicted molar refractivity (Wildman–Crippen MR) is 152 cm³/mol. The molecule has 0 nitrogen and oxygen atoms in total. The molecule has 35 heavy (non-hydrogen) atoms. The quantitative estimate of drug-likeness (QED) is 0.228. The molecule has 0 spiro atoms. The SMILES string of the molecule is CCCCC#Cc1ccc(C#Cc2ccc(CC[C@H]3CC[C@H](CCCCCCC)CC3)cc2)cc1. The first kappa shape index (κ1) is 27.2. The Labute approximate surface area is 216 Å². The van der Waals surface area contributed by atoms with Crippen molar-refractivity contribution in [3.8, 4) is 23.7 Å². The summed E-state index contributed by atoms with van der Waals surface area (Å²) in [5.41, 5.74) is 4.67. The molecule has 0 heterocycles. The number of benzene rings is 2. The average molecular weight is 467 g/mol. The maximum Gasteiger partial charge on any atom is 0.0249 e. The van der Waals surface area contributed by atoms with Gasteiger partial charge >= 0.3 is 0 Å². The third-order valence-electron chi connectivity index (χ3n) is 7.60. The van der Waals surface area contributed by atoms with E-state index in [-0.39, 0.29) is 0 Å². The summed E-state index contributed by atoms with van der Waals surface area (Å²) in [6.07, 6.45) is 20.4. The van der Waals surface area contributed by atoms with Crippen molar-refractivity contribution < 1.29 is 0 Å². The topological polar surface area (TPSA) is 0 Å². The summed E-state index contributed by atoms with van der Waals surface area (Å²) in [6, 6.07) is 17.2. The van der Waals surface area contributed by atoms with Gasteiger partial charge in [0.25, 0.3) is 0 Å². The van der Waals surface area contributed by atoms with Crippen LogP contribution in [0.25, 0.3) is 0 Å². The number of aryl methyl sites for hydroxylation is 1. The van der Waals surface area contributed by atoms with Crippen LogP contribution >= 0.6 is 0 Å². The molecular formula is C35H46. The summed E-state index contributed by atoms with van der Waals surface area (Å²) in [4.78, 5) is 0. The minimum atomic E-state index is 0.935. The molecule has 0 heteroatoms. The van der Waals surface area contributed by atoms with Gasteiger partial charge in [-0.3, -0.25) is 0 Å². The molecule has 186 valence electrons. The molecule has 0 N–H and O–H groups in total. The van der Waals surface area contributed by atoms with E-state index in [2.05, 4.69) is 86.1 Å². The fraction of sp³-hybridized carbons (Fsp3) is 0.543. The highest BCUT2D eigenvalue weighted by atomic mass is 14.3. The third-order valence-corrected chi connectivity index (χ3v) is 7.60. The van der Waals surface area contributed by atoms with E-state index in [1.54, 1.807) is 0 Å². The number of unbranched alkanes of at least 4 members (excludes halogenated alkanes) is 6. The highest BCUT2D eigenvalue weighted by Gasteiger charge is 2.20. The zero-order valence-corrected chi connectivity index (χ0v) is 22.4. The fourth-order valence-electron chi connectivity index (χ4n) is 5.18. The van der Waals surface area contributed by atoms with Crippen LogP contribution in [0.1, 0.15) is 126 Å². The smallest absolute Gasteiger partial charge is 0.0249 e. The molecule has 3 rings (SSSR count). The molecule has 1 saturated carbocycles. The van der Waals surface area contributed by atoms with Crippen LogP contribution in [0.5, 0.6) is 0 Å².